The average molecular weight is 299 g/mol. The Bertz CT molecular complexity index is 513. The Morgan fingerprint density at radius 3 is 2.50 bits per heavy atom. The lowest BCUT2D eigenvalue weighted by Gasteiger charge is -2.15. The molecule has 0 spiro atoms. The van der Waals surface area contributed by atoms with Crippen LogP contribution >= 0.6 is 0 Å². The fourth-order valence-corrected chi connectivity index (χ4v) is 2.54. The topological polar surface area (TPSA) is 72.5 Å². The molecule has 0 aromatic heterocycles. The molecule has 0 aliphatic carbocycles. The van der Waals surface area contributed by atoms with E-state index < -0.39 is 9.84 Å². The second kappa shape index (κ2) is 8.01. The molecule has 1 unspecified atom stereocenters. The van der Waals surface area contributed by atoms with Crippen LogP contribution in [0.3, 0.4) is 0 Å². The summed E-state index contributed by atoms with van der Waals surface area (Å²) >= 11 is 0. The van der Waals surface area contributed by atoms with E-state index in [0.29, 0.717) is 19.5 Å². The maximum absolute atomic E-state index is 11.8. The zero-order valence-electron chi connectivity index (χ0n) is 11.8. The predicted octanol–water partition coefficient (Wildman–Crippen LogP) is 0.968. The molecule has 1 aromatic carbocycles. The van der Waals surface area contributed by atoms with Crippen LogP contribution in [0.5, 0.6) is 0 Å². The highest BCUT2D eigenvalue weighted by Crippen LogP contribution is 2.16. The first-order chi connectivity index (χ1) is 9.44. The highest BCUT2D eigenvalue weighted by Gasteiger charge is 2.20. The standard InChI is InChI=1S/C14H21NO4S/c1-19-14(16)13(12-7-4-3-5-8-12)11-15-9-6-10-20(2,17)18/h3-5,7-8,13,15H,6,9-11H2,1-2H3. The fourth-order valence-electron chi connectivity index (χ4n) is 1.87. The van der Waals surface area contributed by atoms with Crippen LogP contribution in [-0.4, -0.2) is 46.6 Å². The maximum atomic E-state index is 11.8. The van der Waals surface area contributed by atoms with Crippen molar-refractivity contribution in [2.45, 2.75) is 12.3 Å². The Balaban J connectivity index is 2.49. The number of ether oxygens (including phenoxy) is 1. The number of hydrogen-bond acceptors (Lipinski definition) is 5. The first-order valence-electron chi connectivity index (χ1n) is 6.45. The molecular formula is C14H21NO4S. The summed E-state index contributed by atoms with van der Waals surface area (Å²) in [6.07, 6.45) is 1.75. The lowest BCUT2D eigenvalue weighted by molar-refractivity contribution is -0.142. The smallest absolute Gasteiger partial charge is 0.314 e. The van der Waals surface area contributed by atoms with E-state index in [1.165, 1.54) is 13.4 Å². The van der Waals surface area contributed by atoms with Gasteiger partial charge in [0.2, 0.25) is 0 Å². The Kier molecular flexibility index (Phi) is 6.67. The Hall–Kier alpha value is -1.40. The van der Waals surface area contributed by atoms with E-state index in [9.17, 15) is 13.2 Å². The number of methoxy groups -OCH3 is 1. The van der Waals surface area contributed by atoms with Gasteiger partial charge in [-0.3, -0.25) is 4.79 Å². The highest BCUT2D eigenvalue weighted by molar-refractivity contribution is 7.90. The molecule has 112 valence electrons. The van der Waals surface area contributed by atoms with Crippen molar-refractivity contribution in [1.29, 1.82) is 0 Å². The number of esters is 1. The van der Waals surface area contributed by atoms with E-state index in [1.54, 1.807) is 0 Å². The third-order valence-corrected chi connectivity index (χ3v) is 3.94. The number of benzene rings is 1. The van der Waals surface area contributed by atoms with Crippen LogP contribution < -0.4 is 5.32 Å². The van der Waals surface area contributed by atoms with E-state index in [2.05, 4.69) is 5.32 Å². The SMILES string of the molecule is COC(=O)C(CNCCCS(C)(=O)=O)c1ccccc1. The fraction of sp³-hybridized carbons (Fsp3) is 0.500. The molecule has 0 aliphatic heterocycles. The van der Waals surface area contributed by atoms with Crippen molar-refractivity contribution >= 4 is 15.8 Å². The van der Waals surface area contributed by atoms with Crippen LogP contribution in [0.25, 0.3) is 0 Å². The zero-order valence-corrected chi connectivity index (χ0v) is 12.7. The number of sulfone groups is 1. The minimum Gasteiger partial charge on any atom is -0.469 e. The van der Waals surface area contributed by atoms with Gasteiger partial charge in [-0.05, 0) is 18.5 Å². The number of carbonyl (C=O) groups is 1. The van der Waals surface area contributed by atoms with E-state index in [0.717, 1.165) is 5.56 Å². The Morgan fingerprint density at radius 1 is 1.30 bits per heavy atom. The first-order valence-corrected chi connectivity index (χ1v) is 8.51. The lowest BCUT2D eigenvalue weighted by Crippen LogP contribution is -2.29. The molecule has 1 aromatic rings. The molecule has 0 bridgehead atoms. The van der Waals surface area contributed by atoms with Crippen LogP contribution in [0.15, 0.2) is 30.3 Å². The second-order valence-electron chi connectivity index (χ2n) is 4.67. The molecule has 0 saturated carbocycles. The van der Waals surface area contributed by atoms with Gasteiger partial charge in [-0.2, -0.15) is 0 Å². The molecule has 1 N–H and O–H groups in total. The summed E-state index contributed by atoms with van der Waals surface area (Å²) in [4.78, 5) is 11.8. The van der Waals surface area contributed by atoms with Gasteiger partial charge in [0.05, 0.1) is 18.8 Å². The maximum Gasteiger partial charge on any atom is 0.314 e. The van der Waals surface area contributed by atoms with E-state index in [4.69, 9.17) is 4.74 Å². The molecule has 5 nitrogen and oxygen atoms in total. The normalized spacial score (nSPS) is 12.9. The first kappa shape index (κ1) is 16.7. The molecule has 0 heterocycles. The van der Waals surface area contributed by atoms with Gasteiger partial charge in [-0.1, -0.05) is 30.3 Å². The number of nitrogens with one attached hydrogen (secondary N) is 1. The van der Waals surface area contributed by atoms with Gasteiger partial charge in [0.15, 0.2) is 0 Å². The molecule has 20 heavy (non-hydrogen) atoms. The summed E-state index contributed by atoms with van der Waals surface area (Å²) in [5.41, 5.74) is 0.884. The van der Waals surface area contributed by atoms with Crippen molar-refractivity contribution in [3.05, 3.63) is 35.9 Å². The molecule has 0 fully saturated rings. The predicted molar refractivity (Wildman–Crippen MR) is 78.4 cm³/mol. The third kappa shape index (κ3) is 6.16. The largest absolute Gasteiger partial charge is 0.469 e. The molecule has 1 atom stereocenters. The van der Waals surface area contributed by atoms with Crippen molar-refractivity contribution in [2.24, 2.45) is 0 Å². The molecular weight excluding hydrogens is 278 g/mol. The average Bonchev–Trinajstić information content (AvgIpc) is 2.42. The van der Waals surface area contributed by atoms with E-state index in [1.807, 2.05) is 30.3 Å². The van der Waals surface area contributed by atoms with Gasteiger partial charge in [0.1, 0.15) is 9.84 Å². The summed E-state index contributed by atoms with van der Waals surface area (Å²) < 4.78 is 26.8. The number of hydrogen-bond donors (Lipinski definition) is 1. The van der Waals surface area contributed by atoms with Crippen LogP contribution in [0.2, 0.25) is 0 Å². The summed E-state index contributed by atoms with van der Waals surface area (Å²) in [5.74, 6) is -0.528. The van der Waals surface area contributed by atoms with Crippen molar-refractivity contribution in [2.75, 3.05) is 32.2 Å². The zero-order chi connectivity index (χ0) is 15.0. The van der Waals surface area contributed by atoms with Crippen LogP contribution in [0, 0.1) is 0 Å². The van der Waals surface area contributed by atoms with E-state index in [-0.39, 0.29) is 17.6 Å². The molecule has 6 heteroatoms. The monoisotopic (exact) mass is 299 g/mol. The van der Waals surface area contributed by atoms with E-state index >= 15 is 0 Å². The second-order valence-corrected chi connectivity index (χ2v) is 6.93. The summed E-state index contributed by atoms with van der Waals surface area (Å²) in [6, 6.07) is 9.38. The van der Waals surface area contributed by atoms with Gasteiger partial charge in [-0.25, -0.2) is 8.42 Å². The number of rotatable bonds is 8. The lowest BCUT2D eigenvalue weighted by atomic mass is 9.99. The molecule has 0 radical (unpaired) electrons. The van der Waals surface area contributed by atoms with Gasteiger partial charge >= 0.3 is 5.97 Å². The van der Waals surface area contributed by atoms with Gasteiger partial charge in [-0.15, -0.1) is 0 Å². The van der Waals surface area contributed by atoms with Crippen LogP contribution in [0.1, 0.15) is 17.9 Å². The summed E-state index contributed by atoms with van der Waals surface area (Å²) in [6.45, 7) is 0.980. The molecule has 0 aliphatic rings. The van der Waals surface area contributed by atoms with Gasteiger partial charge in [0, 0.05) is 12.8 Å². The highest BCUT2D eigenvalue weighted by atomic mass is 32.2. The van der Waals surface area contributed by atoms with Crippen molar-refractivity contribution in [3.8, 4) is 0 Å². The Morgan fingerprint density at radius 2 is 1.95 bits per heavy atom. The van der Waals surface area contributed by atoms with Crippen LogP contribution in [-0.2, 0) is 19.4 Å². The quantitative estimate of drug-likeness (QED) is 0.572. The van der Waals surface area contributed by atoms with Crippen molar-refractivity contribution in [1.82, 2.24) is 5.32 Å². The minimum atomic E-state index is -2.93. The molecule has 0 amide bonds. The van der Waals surface area contributed by atoms with Crippen LogP contribution in [0.4, 0.5) is 0 Å². The van der Waals surface area contributed by atoms with Crippen molar-refractivity contribution in [3.63, 3.8) is 0 Å². The van der Waals surface area contributed by atoms with Crippen molar-refractivity contribution < 1.29 is 17.9 Å². The summed E-state index contributed by atoms with van der Waals surface area (Å²) in [7, 11) is -1.57. The number of carbonyl (C=O) groups excluding carboxylic acids is 1. The van der Waals surface area contributed by atoms with Gasteiger partial charge in [0.25, 0.3) is 0 Å². The molecule has 0 saturated heterocycles. The summed E-state index contributed by atoms with van der Waals surface area (Å²) in [5, 5.41) is 3.11. The molecule has 1 rings (SSSR count). The minimum absolute atomic E-state index is 0.147. The Labute approximate surface area is 120 Å². The van der Waals surface area contributed by atoms with Gasteiger partial charge < -0.3 is 10.1 Å². The third-order valence-electron chi connectivity index (χ3n) is 2.90.